The second kappa shape index (κ2) is 9.62. The SMILES string of the molecule is Nc1ncc(-c2ccc(O[C@H]3C[C@H](N)C3)cc2)nc1C(=O)Nc1cnccc1N1CCOCC1. The minimum Gasteiger partial charge on any atom is -0.490 e. The minimum absolute atomic E-state index is 0.0538. The van der Waals surface area contributed by atoms with Gasteiger partial charge in [-0.3, -0.25) is 9.78 Å². The number of hydrogen-bond acceptors (Lipinski definition) is 9. The van der Waals surface area contributed by atoms with Gasteiger partial charge in [-0.1, -0.05) is 0 Å². The first-order valence-corrected chi connectivity index (χ1v) is 11.3. The van der Waals surface area contributed by atoms with Crippen LogP contribution in [0.5, 0.6) is 5.75 Å². The lowest BCUT2D eigenvalue weighted by atomic mass is 9.90. The number of rotatable bonds is 6. The van der Waals surface area contributed by atoms with Gasteiger partial charge < -0.3 is 31.2 Å². The molecule has 1 saturated heterocycles. The average molecular weight is 462 g/mol. The van der Waals surface area contributed by atoms with Gasteiger partial charge in [0.1, 0.15) is 11.9 Å². The first-order valence-electron chi connectivity index (χ1n) is 11.3. The molecule has 2 aliphatic rings. The van der Waals surface area contributed by atoms with E-state index in [1.54, 1.807) is 18.6 Å². The second-order valence-electron chi connectivity index (χ2n) is 8.43. The van der Waals surface area contributed by atoms with Crippen molar-refractivity contribution in [1.29, 1.82) is 0 Å². The summed E-state index contributed by atoms with van der Waals surface area (Å²) in [5.41, 5.74) is 14.7. The highest BCUT2D eigenvalue weighted by molar-refractivity contribution is 6.07. The molecular weight excluding hydrogens is 434 g/mol. The third-order valence-electron chi connectivity index (χ3n) is 6.00. The summed E-state index contributed by atoms with van der Waals surface area (Å²) in [5.74, 6) is 0.379. The van der Waals surface area contributed by atoms with Crippen LogP contribution >= 0.6 is 0 Å². The van der Waals surface area contributed by atoms with Crippen LogP contribution in [0.1, 0.15) is 23.3 Å². The number of pyridine rings is 1. The van der Waals surface area contributed by atoms with Crippen LogP contribution < -0.4 is 26.4 Å². The summed E-state index contributed by atoms with van der Waals surface area (Å²) in [7, 11) is 0. The molecule has 34 heavy (non-hydrogen) atoms. The Hall–Kier alpha value is -3.76. The van der Waals surface area contributed by atoms with Crippen molar-refractivity contribution >= 4 is 23.1 Å². The normalized spacial score (nSPS) is 19.9. The lowest BCUT2D eigenvalue weighted by Crippen LogP contribution is -2.43. The Morgan fingerprint density at radius 3 is 2.62 bits per heavy atom. The number of carbonyl (C=O) groups excluding carboxylic acids is 1. The highest BCUT2D eigenvalue weighted by Crippen LogP contribution is 2.28. The number of carbonyl (C=O) groups is 1. The monoisotopic (exact) mass is 461 g/mol. The van der Waals surface area contributed by atoms with Crippen LogP contribution in [0, 0.1) is 0 Å². The number of amides is 1. The van der Waals surface area contributed by atoms with E-state index in [1.807, 2.05) is 30.3 Å². The Balaban J connectivity index is 1.33. The maximum absolute atomic E-state index is 13.1. The van der Waals surface area contributed by atoms with E-state index in [9.17, 15) is 4.79 Å². The van der Waals surface area contributed by atoms with E-state index >= 15 is 0 Å². The maximum Gasteiger partial charge on any atom is 0.278 e. The van der Waals surface area contributed by atoms with Crippen molar-refractivity contribution in [2.24, 2.45) is 5.73 Å². The molecule has 176 valence electrons. The topological polar surface area (TPSA) is 142 Å². The molecule has 0 unspecified atom stereocenters. The number of anilines is 3. The molecule has 3 heterocycles. The summed E-state index contributed by atoms with van der Waals surface area (Å²) in [4.78, 5) is 28.1. The third-order valence-corrected chi connectivity index (χ3v) is 6.00. The number of benzene rings is 1. The van der Waals surface area contributed by atoms with Gasteiger partial charge in [-0.15, -0.1) is 0 Å². The van der Waals surface area contributed by atoms with E-state index in [2.05, 4.69) is 25.2 Å². The molecule has 2 aromatic heterocycles. The molecular formula is C24H27N7O3. The largest absolute Gasteiger partial charge is 0.490 e. The van der Waals surface area contributed by atoms with Gasteiger partial charge >= 0.3 is 0 Å². The molecule has 1 aromatic carbocycles. The van der Waals surface area contributed by atoms with Gasteiger partial charge in [0, 0.05) is 30.9 Å². The molecule has 1 aliphatic carbocycles. The molecule has 0 spiro atoms. The van der Waals surface area contributed by atoms with Gasteiger partial charge in [0.25, 0.3) is 5.91 Å². The number of aromatic nitrogens is 3. The molecule has 10 nitrogen and oxygen atoms in total. The standard InChI is InChI=1S/C24H27N7O3/c25-16-11-18(12-16)34-17-3-1-15(2-4-17)19-14-28-23(26)22(29-19)24(32)30-20-13-27-6-5-21(20)31-7-9-33-10-8-31/h1-6,13-14,16,18H,7-12,25H2,(H2,26,28)(H,30,32)/t16-,18-. The lowest BCUT2D eigenvalue weighted by Gasteiger charge is -2.32. The van der Waals surface area contributed by atoms with E-state index in [0.29, 0.717) is 24.6 Å². The predicted molar refractivity (Wildman–Crippen MR) is 129 cm³/mol. The number of nitrogens with one attached hydrogen (secondary N) is 1. The number of nitrogen functional groups attached to an aromatic ring is 1. The zero-order chi connectivity index (χ0) is 23.5. The van der Waals surface area contributed by atoms with Crippen molar-refractivity contribution in [3.8, 4) is 17.0 Å². The number of nitrogens with zero attached hydrogens (tertiary/aromatic N) is 4. The highest BCUT2D eigenvalue weighted by atomic mass is 16.5. The predicted octanol–water partition coefficient (Wildman–Crippen LogP) is 2.08. The number of morpholine rings is 1. The van der Waals surface area contributed by atoms with Crippen LogP contribution in [0.25, 0.3) is 11.3 Å². The Labute approximate surface area is 197 Å². The van der Waals surface area contributed by atoms with Crippen molar-refractivity contribution < 1.29 is 14.3 Å². The number of nitrogens with two attached hydrogens (primary N) is 2. The molecule has 0 bridgehead atoms. The summed E-state index contributed by atoms with van der Waals surface area (Å²) >= 11 is 0. The highest BCUT2D eigenvalue weighted by Gasteiger charge is 2.27. The molecule has 1 aliphatic heterocycles. The zero-order valence-electron chi connectivity index (χ0n) is 18.7. The fraction of sp³-hybridized carbons (Fsp3) is 0.333. The number of hydrogen-bond donors (Lipinski definition) is 3. The van der Waals surface area contributed by atoms with Gasteiger partial charge in [0.05, 0.1) is 42.7 Å². The molecule has 10 heteroatoms. The molecule has 0 atom stereocenters. The van der Waals surface area contributed by atoms with Gasteiger partial charge in [-0.25, -0.2) is 9.97 Å². The van der Waals surface area contributed by atoms with Crippen molar-refractivity contribution in [3.05, 3.63) is 54.6 Å². The minimum atomic E-state index is -0.448. The smallest absolute Gasteiger partial charge is 0.278 e. The zero-order valence-corrected chi connectivity index (χ0v) is 18.7. The second-order valence-corrected chi connectivity index (χ2v) is 8.43. The Kier molecular flexibility index (Phi) is 6.24. The van der Waals surface area contributed by atoms with Crippen LogP contribution in [-0.2, 0) is 4.74 Å². The average Bonchev–Trinajstić information content (AvgIpc) is 2.85. The van der Waals surface area contributed by atoms with Crippen LogP contribution in [0.15, 0.2) is 48.9 Å². The summed E-state index contributed by atoms with van der Waals surface area (Å²) in [6.07, 6.45) is 6.77. The van der Waals surface area contributed by atoms with Crippen molar-refractivity contribution in [1.82, 2.24) is 15.0 Å². The fourth-order valence-corrected chi connectivity index (χ4v) is 4.05. The van der Waals surface area contributed by atoms with Gasteiger partial charge in [0.2, 0.25) is 0 Å². The van der Waals surface area contributed by atoms with E-state index in [-0.39, 0.29) is 23.7 Å². The van der Waals surface area contributed by atoms with Crippen LogP contribution in [0.3, 0.4) is 0 Å². The number of ether oxygens (including phenoxy) is 2. The first-order chi connectivity index (χ1) is 16.6. The molecule has 3 aromatic rings. The molecule has 1 amide bonds. The van der Waals surface area contributed by atoms with Gasteiger partial charge in [-0.2, -0.15) is 0 Å². The maximum atomic E-state index is 13.1. The molecule has 0 radical (unpaired) electrons. The first kappa shape index (κ1) is 22.1. The van der Waals surface area contributed by atoms with Gasteiger partial charge in [-0.05, 0) is 43.2 Å². The summed E-state index contributed by atoms with van der Waals surface area (Å²) in [6, 6.07) is 9.62. The summed E-state index contributed by atoms with van der Waals surface area (Å²) in [5, 5.41) is 2.89. The Bertz CT molecular complexity index is 1160. The third kappa shape index (κ3) is 4.78. The summed E-state index contributed by atoms with van der Waals surface area (Å²) in [6.45, 7) is 2.73. The molecule has 5 N–H and O–H groups in total. The van der Waals surface area contributed by atoms with E-state index in [0.717, 1.165) is 42.9 Å². The quantitative estimate of drug-likeness (QED) is 0.503. The van der Waals surface area contributed by atoms with Crippen LogP contribution in [0.4, 0.5) is 17.2 Å². The molecule has 1 saturated carbocycles. The Morgan fingerprint density at radius 1 is 1.12 bits per heavy atom. The fourth-order valence-electron chi connectivity index (χ4n) is 4.05. The van der Waals surface area contributed by atoms with E-state index < -0.39 is 5.91 Å². The van der Waals surface area contributed by atoms with Crippen molar-refractivity contribution in [2.45, 2.75) is 25.0 Å². The van der Waals surface area contributed by atoms with Crippen molar-refractivity contribution in [3.63, 3.8) is 0 Å². The van der Waals surface area contributed by atoms with Crippen molar-refractivity contribution in [2.75, 3.05) is 42.3 Å². The van der Waals surface area contributed by atoms with E-state index in [4.69, 9.17) is 20.9 Å². The Morgan fingerprint density at radius 2 is 1.88 bits per heavy atom. The molecule has 5 rings (SSSR count). The van der Waals surface area contributed by atoms with Crippen LogP contribution in [-0.4, -0.2) is 59.3 Å². The van der Waals surface area contributed by atoms with Gasteiger partial charge in [0.15, 0.2) is 11.5 Å². The van der Waals surface area contributed by atoms with E-state index in [1.165, 1.54) is 0 Å². The molecule has 2 fully saturated rings. The van der Waals surface area contributed by atoms with Crippen LogP contribution in [0.2, 0.25) is 0 Å². The lowest BCUT2D eigenvalue weighted by molar-refractivity contribution is 0.101. The summed E-state index contributed by atoms with van der Waals surface area (Å²) < 4.78 is 11.3.